The number of methoxy groups -OCH3 is 1. The van der Waals surface area contributed by atoms with E-state index >= 15 is 0 Å². The molecule has 0 rings (SSSR count). The van der Waals surface area contributed by atoms with Crippen molar-refractivity contribution in [3.63, 3.8) is 0 Å². The molecule has 0 aliphatic heterocycles. The molecule has 0 spiro atoms. The Morgan fingerprint density at radius 2 is 2.25 bits per heavy atom. The molecule has 2 nitrogen and oxygen atoms in total. The lowest BCUT2D eigenvalue weighted by atomic mass is 10.1. The molecular weight excluding hydrogens is 152 g/mol. The van der Waals surface area contributed by atoms with Crippen LogP contribution in [0.2, 0.25) is 0 Å². The predicted octanol–water partition coefficient (Wildman–Crippen LogP) is 2.54. The van der Waals surface area contributed by atoms with Gasteiger partial charge in [-0.2, -0.15) is 0 Å². The summed E-state index contributed by atoms with van der Waals surface area (Å²) in [5.41, 5.74) is 0. The van der Waals surface area contributed by atoms with Gasteiger partial charge in [-0.05, 0) is 12.3 Å². The fourth-order valence-electron chi connectivity index (χ4n) is 1.03. The molecule has 12 heavy (non-hydrogen) atoms. The SMILES string of the molecule is CCCC(C)C=CCC(=O)OC. The molecule has 1 unspecified atom stereocenters. The number of hydrogen-bond acceptors (Lipinski definition) is 2. The van der Waals surface area contributed by atoms with Crippen LogP contribution < -0.4 is 0 Å². The Labute approximate surface area is 74.6 Å². The molecule has 0 saturated heterocycles. The van der Waals surface area contributed by atoms with Crippen LogP contribution in [0.4, 0.5) is 0 Å². The molecule has 0 radical (unpaired) electrons. The highest BCUT2D eigenvalue weighted by atomic mass is 16.5. The number of esters is 1. The van der Waals surface area contributed by atoms with E-state index in [1.807, 2.05) is 6.08 Å². The van der Waals surface area contributed by atoms with E-state index in [0.29, 0.717) is 12.3 Å². The highest BCUT2D eigenvalue weighted by Gasteiger charge is 1.96. The summed E-state index contributed by atoms with van der Waals surface area (Å²) in [5.74, 6) is 0.398. The minimum Gasteiger partial charge on any atom is -0.469 e. The summed E-state index contributed by atoms with van der Waals surface area (Å²) in [6.07, 6.45) is 6.71. The Morgan fingerprint density at radius 1 is 1.58 bits per heavy atom. The van der Waals surface area contributed by atoms with Crippen molar-refractivity contribution in [1.29, 1.82) is 0 Å². The highest BCUT2D eigenvalue weighted by Crippen LogP contribution is 2.06. The number of allylic oxidation sites excluding steroid dienone is 1. The van der Waals surface area contributed by atoms with E-state index in [9.17, 15) is 4.79 Å². The van der Waals surface area contributed by atoms with Gasteiger partial charge in [-0.1, -0.05) is 32.4 Å². The first-order valence-electron chi connectivity index (χ1n) is 4.44. The van der Waals surface area contributed by atoms with Gasteiger partial charge >= 0.3 is 5.97 Å². The molecule has 70 valence electrons. The van der Waals surface area contributed by atoms with Crippen LogP contribution in [0.25, 0.3) is 0 Å². The van der Waals surface area contributed by atoms with Crippen LogP contribution in [0.1, 0.15) is 33.1 Å². The summed E-state index contributed by atoms with van der Waals surface area (Å²) in [6, 6.07) is 0. The third-order valence-electron chi connectivity index (χ3n) is 1.72. The predicted molar refractivity (Wildman–Crippen MR) is 49.8 cm³/mol. The van der Waals surface area contributed by atoms with Gasteiger partial charge in [0.15, 0.2) is 0 Å². The van der Waals surface area contributed by atoms with Crippen LogP contribution in [-0.2, 0) is 9.53 Å². The summed E-state index contributed by atoms with van der Waals surface area (Å²) < 4.78 is 4.50. The first kappa shape index (κ1) is 11.2. The second kappa shape index (κ2) is 6.89. The van der Waals surface area contributed by atoms with Crippen LogP contribution in [-0.4, -0.2) is 13.1 Å². The van der Waals surface area contributed by atoms with Gasteiger partial charge in [-0.15, -0.1) is 0 Å². The van der Waals surface area contributed by atoms with Crippen molar-refractivity contribution in [1.82, 2.24) is 0 Å². The number of carbonyl (C=O) groups is 1. The molecule has 0 aliphatic carbocycles. The quantitative estimate of drug-likeness (QED) is 0.468. The van der Waals surface area contributed by atoms with Crippen LogP contribution >= 0.6 is 0 Å². The summed E-state index contributed by atoms with van der Waals surface area (Å²) in [7, 11) is 1.41. The van der Waals surface area contributed by atoms with Gasteiger partial charge in [-0.25, -0.2) is 0 Å². The van der Waals surface area contributed by atoms with E-state index in [4.69, 9.17) is 0 Å². The second-order valence-corrected chi connectivity index (χ2v) is 2.97. The van der Waals surface area contributed by atoms with Crippen molar-refractivity contribution in [3.8, 4) is 0 Å². The zero-order valence-corrected chi connectivity index (χ0v) is 8.17. The molecule has 0 bridgehead atoms. The van der Waals surface area contributed by atoms with E-state index in [2.05, 4.69) is 24.7 Å². The van der Waals surface area contributed by atoms with Gasteiger partial charge in [0.05, 0.1) is 13.5 Å². The molecule has 0 aromatic rings. The third kappa shape index (κ3) is 5.96. The maximum absolute atomic E-state index is 10.7. The molecule has 0 amide bonds. The summed E-state index contributed by atoms with van der Waals surface area (Å²) in [6.45, 7) is 4.31. The van der Waals surface area contributed by atoms with E-state index in [1.54, 1.807) is 0 Å². The number of ether oxygens (including phenoxy) is 1. The van der Waals surface area contributed by atoms with Gasteiger partial charge in [0, 0.05) is 0 Å². The average Bonchev–Trinajstić information content (AvgIpc) is 2.04. The zero-order valence-electron chi connectivity index (χ0n) is 8.17. The molecule has 0 aromatic heterocycles. The summed E-state index contributed by atoms with van der Waals surface area (Å²) in [5, 5.41) is 0. The summed E-state index contributed by atoms with van der Waals surface area (Å²) in [4.78, 5) is 10.7. The minimum absolute atomic E-state index is 0.171. The zero-order chi connectivity index (χ0) is 9.40. The second-order valence-electron chi connectivity index (χ2n) is 2.97. The van der Waals surface area contributed by atoms with Crippen LogP contribution in [0.5, 0.6) is 0 Å². The molecule has 0 heterocycles. The van der Waals surface area contributed by atoms with Crippen LogP contribution in [0, 0.1) is 5.92 Å². The maximum Gasteiger partial charge on any atom is 0.309 e. The largest absolute Gasteiger partial charge is 0.469 e. The topological polar surface area (TPSA) is 26.3 Å². The Kier molecular flexibility index (Phi) is 6.44. The highest BCUT2D eigenvalue weighted by molar-refractivity contribution is 5.70. The van der Waals surface area contributed by atoms with Crippen molar-refractivity contribution in [2.45, 2.75) is 33.1 Å². The third-order valence-corrected chi connectivity index (χ3v) is 1.72. The van der Waals surface area contributed by atoms with Crippen molar-refractivity contribution in [3.05, 3.63) is 12.2 Å². The van der Waals surface area contributed by atoms with Crippen molar-refractivity contribution in [2.24, 2.45) is 5.92 Å². The summed E-state index contributed by atoms with van der Waals surface area (Å²) >= 11 is 0. The van der Waals surface area contributed by atoms with Crippen molar-refractivity contribution < 1.29 is 9.53 Å². The molecule has 1 atom stereocenters. The smallest absolute Gasteiger partial charge is 0.309 e. The van der Waals surface area contributed by atoms with Crippen LogP contribution in [0.15, 0.2) is 12.2 Å². The fraction of sp³-hybridized carbons (Fsp3) is 0.700. The van der Waals surface area contributed by atoms with E-state index in [0.717, 1.165) is 0 Å². The lowest BCUT2D eigenvalue weighted by Crippen LogP contribution is -1.97. The Balaban J connectivity index is 3.53. The van der Waals surface area contributed by atoms with Crippen molar-refractivity contribution in [2.75, 3.05) is 7.11 Å². The molecule has 0 aliphatic rings. The molecular formula is C10H18O2. The van der Waals surface area contributed by atoms with Gasteiger partial charge in [0.2, 0.25) is 0 Å². The Hall–Kier alpha value is -0.790. The lowest BCUT2D eigenvalue weighted by molar-refractivity contribution is -0.139. The number of hydrogen-bond donors (Lipinski definition) is 0. The van der Waals surface area contributed by atoms with E-state index in [-0.39, 0.29) is 5.97 Å². The Morgan fingerprint density at radius 3 is 2.75 bits per heavy atom. The molecule has 2 heteroatoms. The monoisotopic (exact) mass is 170 g/mol. The number of carbonyl (C=O) groups excluding carboxylic acids is 1. The van der Waals surface area contributed by atoms with Crippen LogP contribution in [0.3, 0.4) is 0 Å². The normalized spacial score (nSPS) is 13.2. The van der Waals surface area contributed by atoms with Gasteiger partial charge in [-0.3, -0.25) is 4.79 Å². The molecule has 0 saturated carbocycles. The molecule has 0 N–H and O–H groups in total. The number of rotatable bonds is 5. The minimum atomic E-state index is -0.171. The molecule has 0 fully saturated rings. The first-order chi connectivity index (χ1) is 5.70. The standard InChI is InChI=1S/C10H18O2/c1-4-6-9(2)7-5-8-10(11)12-3/h5,7,9H,4,6,8H2,1-3H3. The molecule has 0 aromatic carbocycles. The van der Waals surface area contributed by atoms with E-state index < -0.39 is 0 Å². The lowest BCUT2D eigenvalue weighted by Gasteiger charge is -2.01. The fourth-order valence-corrected chi connectivity index (χ4v) is 1.03. The van der Waals surface area contributed by atoms with Gasteiger partial charge in [0.25, 0.3) is 0 Å². The first-order valence-corrected chi connectivity index (χ1v) is 4.44. The van der Waals surface area contributed by atoms with Gasteiger partial charge in [0.1, 0.15) is 0 Å². The maximum atomic E-state index is 10.7. The van der Waals surface area contributed by atoms with Crippen molar-refractivity contribution >= 4 is 5.97 Å². The van der Waals surface area contributed by atoms with E-state index in [1.165, 1.54) is 20.0 Å². The Bertz CT molecular complexity index is 150. The van der Waals surface area contributed by atoms with Gasteiger partial charge < -0.3 is 4.74 Å². The average molecular weight is 170 g/mol.